The number of ether oxygens (including phenoxy) is 2. The van der Waals surface area contributed by atoms with Crippen LogP contribution in [0.25, 0.3) is 0 Å². The van der Waals surface area contributed by atoms with Gasteiger partial charge in [-0.15, -0.1) is 0 Å². The Bertz CT molecular complexity index is 644. The van der Waals surface area contributed by atoms with Gasteiger partial charge in [-0.3, -0.25) is 9.59 Å². The van der Waals surface area contributed by atoms with Gasteiger partial charge in [-0.2, -0.15) is 0 Å². The zero-order valence-electron chi connectivity index (χ0n) is 14.6. The Hall–Kier alpha value is -1.92. The van der Waals surface area contributed by atoms with Gasteiger partial charge in [0.2, 0.25) is 0 Å². The Morgan fingerprint density at radius 1 is 0.731 bits per heavy atom. The van der Waals surface area contributed by atoms with Crippen LogP contribution in [0.5, 0.6) is 0 Å². The average Bonchev–Trinajstić information content (AvgIpc) is 2.60. The Morgan fingerprint density at radius 3 is 1.38 bits per heavy atom. The van der Waals surface area contributed by atoms with Crippen molar-refractivity contribution in [2.24, 2.45) is 0 Å². The van der Waals surface area contributed by atoms with Crippen LogP contribution in [-0.2, 0) is 9.47 Å². The molecule has 142 valence electrons. The number of unbranched alkanes of at least 4 members (excludes halogenated alkanes) is 2. The Balaban J connectivity index is 3.32. The lowest BCUT2D eigenvalue weighted by Crippen LogP contribution is -2.17. The minimum Gasteiger partial charge on any atom is -0.462 e. The minimum absolute atomic E-state index is 0.151. The van der Waals surface area contributed by atoms with Gasteiger partial charge < -0.3 is 9.47 Å². The van der Waals surface area contributed by atoms with Gasteiger partial charge in [-0.25, -0.2) is 9.59 Å². The summed E-state index contributed by atoms with van der Waals surface area (Å²) >= 11 is 11.0. The van der Waals surface area contributed by atoms with E-state index in [1.807, 2.05) is 13.8 Å². The molecule has 0 radical (unpaired) electrons. The largest absolute Gasteiger partial charge is 0.462 e. The number of carbonyl (C=O) groups is 4. The van der Waals surface area contributed by atoms with E-state index in [9.17, 15) is 19.2 Å². The second-order valence-corrected chi connectivity index (χ2v) is 6.16. The summed E-state index contributed by atoms with van der Waals surface area (Å²) in [6.45, 7) is 4.15. The van der Waals surface area contributed by atoms with Crippen LogP contribution in [0.2, 0.25) is 0 Å². The van der Waals surface area contributed by atoms with E-state index in [-0.39, 0.29) is 35.5 Å². The zero-order valence-corrected chi connectivity index (χ0v) is 16.1. The molecule has 1 aromatic rings. The topological polar surface area (TPSA) is 86.7 Å². The lowest BCUT2D eigenvalue weighted by Gasteiger charge is -2.12. The third kappa shape index (κ3) is 6.11. The highest BCUT2D eigenvalue weighted by atomic mass is 35.5. The molecule has 26 heavy (non-hydrogen) atoms. The zero-order chi connectivity index (χ0) is 19.7. The van der Waals surface area contributed by atoms with Crippen LogP contribution in [0.4, 0.5) is 0 Å². The fraction of sp³-hybridized carbons (Fsp3) is 0.444. The first kappa shape index (κ1) is 22.1. The molecule has 0 atom stereocenters. The third-order valence-electron chi connectivity index (χ3n) is 3.48. The summed E-state index contributed by atoms with van der Waals surface area (Å²) in [7, 11) is 0. The fourth-order valence-corrected chi connectivity index (χ4v) is 2.35. The molecule has 0 aliphatic carbocycles. The number of hydrogen-bond acceptors (Lipinski definition) is 6. The molecule has 0 heterocycles. The Kier molecular flexibility index (Phi) is 9.30. The minimum atomic E-state index is -0.975. The molecular formula is C18H20Cl2O6. The quantitative estimate of drug-likeness (QED) is 0.328. The van der Waals surface area contributed by atoms with Crippen molar-refractivity contribution in [2.45, 2.75) is 39.5 Å². The van der Waals surface area contributed by atoms with Gasteiger partial charge in [0.1, 0.15) is 0 Å². The van der Waals surface area contributed by atoms with E-state index in [1.165, 1.54) is 0 Å². The van der Waals surface area contributed by atoms with E-state index in [1.54, 1.807) is 0 Å². The summed E-state index contributed by atoms with van der Waals surface area (Å²) in [5.41, 5.74) is -0.958. The molecule has 0 unspecified atom stereocenters. The van der Waals surface area contributed by atoms with E-state index >= 15 is 0 Å². The normalized spacial score (nSPS) is 10.3. The van der Waals surface area contributed by atoms with Crippen molar-refractivity contribution in [2.75, 3.05) is 13.2 Å². The second kappa shape index (κ2) is 10.9. The molecule has 0 N–H and O–H groups in total. The second-order valence-electron chi connectivity index (χ2n) is 5.47. The molecule has 0 saturated carbocycles. The summed E-state index contributed by atoms with van der Waals surface area (Å²) in [6, 6.07) is 2.07. The molecule has 0 aromatic heterocycles. The number of rotatable bonds is 10. The number of carbonyl (C=O) groups excluding carboxylic acids is 4. The SMILES string of the molecule is CCCCOC(=O)c1cc(C(=O)OCCCC)c(C(=O)Cl)cc1C(=O)Cl. The van der Waals surface area contributed by atoms with Crippen LogP contribution >= 0.6 is 23.2 Å². The van der Waals surface area contributed by atoms with Gasteiger partial charge in [-0.1, -0.05) is 26.7 Å². The van der Waals surface area contributed by atoms with Gasteiger partial charge in [0.25, 0.3) is 10.5 Å². The highest BCUT2D eigenvalue weighted by Crippen LogP contribution is 2.23. The van der Waals surface area contributed by atoms with Crippen molar-refractivity contribution in [3.05, 3.63) is 34.4 Å². The predicted octanol–water partition coefficient (Wildman–Crippen LogP) is 4.36. The first-order valence-corrected chi connectivity index (χ1v) is 9.00. The molecule has 0 spiro atoms. The predicted molar refractivity (Wildman–Crippen MR) is 97.2 cm³/mol. The molecule has 1 rings (SSSR count). The molecule has 1 aromatic carbocycles. The van der Waals surface area contributed by atoms with Crippen molar-refractivity contribution in [1.82, 2.24) is 0 Å². The summed E-state index contributed by atoms with van der Waals surface area (Å²) in [4.78, 5) is 47.8. The third-order valence-corrected chi connectivity index (χ3v) is 3.89. The van der Waals surface area contributed by atoms with Crippen molar-refractivity contribution in [1.29, 1.82) is 0 Å². The maximum Gasteiger partial charge on any atom is 0.338 e. The smallest absolute Gasteiger partial charge is 0.338 e. The fourth-order valence-electron chi connectivity index (χ4n) is 2.04. The average molecular weight is 403 g/mol. The van der Waals surface area contributed by atoms with E-state index in [2.05, 4.69) is 0 Å². The first-order valence-electron chi connectivity index (χ1n) is 8.25. The van der Waals surface area contributed by atoms with Crippen molar-refractivity contribution < 1.29 is 28.7 Å². The standard InChI is InChI=1S/C18H20Cl2O6/c1-3-5-7-25-17(23)13-10-14(18(24)26-8-6-4-2)12(16(20)22)9-11(13)15(19)21/h9-10H,3-8H2,1-2H3. The molecule has 0 aliphatic heterocycles. The summed E-state index contributed by atoms with van der Waals surface area (Å²) in [5, 5.41) is -1.95. The summed E-state index contributed by atoms with van der Waals surface area (Å²) in [5.74, 6) is -1.64. The van der Waals surface area contributed by atoms with E-state index in [4.69, 9.17) is 32.7 Å². The monoisotopic (exact) mass is 402 g/mol. The number of benzene rings is 1. The molecule has 0 aliphatic rings. The molecule has 6 nitrogen and oxygen atoms in total. The van der Waals surface area contributed by atoms with Gasteiger partial charge in [0, 0.05) is 11.1 Å². The number of hydrogen-bond donors (Lipinski definition) is 0. The van der Waals surface area contributed by atoms with Gasteiger partial charge >= 0.3 is 11.9 Å². The molecule has 0 saturated heterocycles. The van der Waals surface area contributed by atoms with Crippen LogP contribution in [0.3, 0.4) is 0 Å². The van der Waals surface area contributed by atoms with Crippen LogP contribution in [0.1, 0.15) is 81.0 Å². The van der Waals surface area contributed by atoms with Crippen LogP contribution in [-0.4, -0.2) is 35.6 Å². The first-order chi connectivity index (χ1) is 12.3. The van der Waals surface area contributed by atoms with E-state index < -0.39 is 22.4 Å². The van der Waals surface area contributed by atoms with Gasteiger partial charge in [-0.05, 0) is 48.2 Å². The van der Waals surface area contributed by atoms with E-state index in [0.29, 0.717) is 12.8 Å². The highest BCUT2D eigenvalue weighted by molar-refractivity contribution is 6.69. The van der Waals surface area contributed by atoms with Crippen molar-refractivity contribution in [3.8, 4) is 0 Å². The maximum absolute atomic E-state index is 12.3. The van der Waals surface area contributed by atoms with Crippen molar-refractivity contribution in [3.63, 3.8) is 0 Å². The Labute approximate surface area is 161 Å². The number of halogens is 2. The lowest BCUT2D eigenvalue weighted by molar-refractivity contribution is 0.0494. The van der Waals surface area contributed by atoms with Gasteiger partial charge in [0.15, 0.2) is 0 Å². The molecular weight excluding hydrogens is 383 g/mol. The molecule has 0 fully saturated rings. The summed E-state index contributed by atoms with van der Waals surface area (Å²) < 4.78 is 10.1. The molecule has 0 amide bonds. The molecule has 0 bridgehead atoms. The molecule has 8 heteroatoms. The maximum atomic E-state index is 12.3. The van der Waals surface area contributed by atoms with Gasteiger partial charge in [0.05, 0.1) is 24.3 Å². The lowest BCUT2D eigenvalue weighted by atomic mass is 9.99. The van der Waals surface area contributed by atoms with Crippen molar-refractivity contribution >= 4 is 45.6 Å². The number of esters is 2. The Morgan fingerprint density at radius 2 is 1.08 bits per heavy atom. The highest BCUT2D eigenvalue weighted by Gasteiger charge is 2.26. The van der Waals surface area contributed by atoms with Crippen LogP contribution in [0, 0.1) is 0 Å². The summed E-state index contributed by atoms with van der Waals surface area (Å²) in [6.07, 6.45) is 2.90. The van der Waals surface area contributed by atoms with Crippen LogP contribution < -0.4 is 0 Å². The van der Waals surface area contributed by atoms with Crippen LogP contribution in [0.15, 0.2) is 12.1 Å². The van der Waals surface area contributed by atoms with E-state index in [0.717, 1.165) is 25.0 Å².